The first-order valence-corrected chi connectivity index (χ1v) is 8.49. The van der Waals surface area contributed by atoms with Crippen LogP contribution in [0.1, 0.15) is 11.3 Å². The van der Waals surface area contributed by atoms with Crippen LogP contribution in [-0.2, 0) is 23.6 Å². The van der Waals surface area contributed by atoms with Crippen molar-refractivity contribution < 1.29 is 12.8 Å². The predicted octanol–water partition coefficient (Wildman–Crippen LogP) is 1.31. The van der Waals surface area contributed by atoms with Gasteiger partial charge in [0, 0.05) is 18.8 Å². The largest absolute Gasteiger partial charge is 0.274 e. The highest BCUT2D eigenvalue weighted by Gasteiger charge is 2.21. The van der Waals surface area contributed by atoms with Crippen molar-refractivity contribution in [2.24, 2.45) is 7.05 Å². The second-order valence-electron chi connectivity index (χ2n) is 5.22. The molecule has 0 aliphatic carbocycles. The lowest BCUT2D eigenvalue weighted by Crippen LogP contribution is -2.15. The molecule has 0 spiro atoms. The number of anilines is 1. The van der Waals surface area contributed by atoms with Crippen molar-refractivity contribution in [3.8, 4) is 0 Å². The van der Waals surface area contributed by atoms with Crippen LogP contribution in [0.5, 0.6) is 0 Å². The van der Waals surface area contributed by atoms with Gasteiger partial charge in [-0.3, -0.25) is 4.68 Å². The van der Waals surface area contributed by atoms with Gasteiger partial charge >= 0.3 is 0 Å². The van der Waals surface area contributed by atoms with E-state index in [2.05, 4.69) is 19.9 Å². The van der Waals surface area contributed by atoms with Crippen molar-refractivity contribution >= 4 is 16.0 Å². The summed E-state index contributed by atoms with van der Waals surface area (Å²) in [4.78, 5) is 3.95. The summed E-state index contributed by atoms with van der Waals surface area (Å²) in [5.74, 6) is -0.448. The molecule has 0 bridgehead atoms. The summed E-state index contributed by atoms with van der Waals surface area (Å²) in [5, 5.41) is 8.01. The second-order valence-corrected chi connectivity index (χ2v) is 6.87. The Morgan fingerprint density at radius 1 is 1.25 bits per heavy atom. The summed E-state index contributed by atoms with van der Waals surface area (Å²) in [6.45, 7) is 1.74. The summed E-state index contributed by atoms with van der Waals surface area (Å²) in [5.41, 5.74) is 0.802. The molecule has 8 nitrogen and oxygen atoms in total. The molecule has 0 radical (unpaired) electrons. The smallest absolute Gasteiger partial charge is 0.267 e. The number of hydrogen-bond donors (Lipinski definition) is 1. The molecule has 126 valence electrons. The molecule has 24 heavy (non-hydrogen) atoms. The molecule has 10 heteroatoms. The van der Waals surface area contributed by atoms with E-state index in [1.807, 2.05) is 0 Å². The van der Waals surface area contributed by atoms with Crippen LogP contribution in [-0.4, -0.2) is 33.0 Å². The number of aromatic nitrogens is 5. The van der Waals surface area contributed by atoms with Gasteiger partial charge in [-0.2, -0.15) is 10.1 Å². The summed E-state index contributed by atoms with van der Waals surface area (Å²) < 4.78 is 43.4. The third-order valence-electron chi connectivity index (χ3n) is 3.31. The minimum Gasteiger partial charge on any atom is -0.274 e. The van der Waals surface area contributed by atoms with Gasteiger partial charge in [-0.15, -0.1) is 5.10 Å². The summed E-state index contributed by atoms with van der Waals surface area (Å²) in [6.07, 6.45) is 2.73. The van der Waals surface area contributed by atoms with Crippen LogP contribution < -0.4 is 4.72 Å². The molecular formula is C14H15FN6O2S. The van der Waals surface area contributed by atoms with Crippen LogP contribution in [0.4, 0.5) is 10.3 Å². The Balaban J connectivity index is 1.79. The number of halogens is 1. The standard InChI is InChI=1S/C14H15FN6O2S/c1-10-13(8-20(2)17-10)24(22,23)19-14-16-9-21(18-14)7-11-5-3-4-6-12(11)15/h3-6,8-9H,7H2,1-2H3,(H,18,19). The fourth-order valence-corrected chi connectivity index (χ4v) is 3.40. The van der Waals surface area contributed by atoms with E-state index in [-0.39, 0.29) is 23.2 Å². The molecule has 0 unspecified atom stereocenters. The van der Waals surface area contributed by atoms with E-state index in [0.717, 1.165) is 0 Å². The number of benzene rings is 1. The number of aryl methyl sites for hydroxylation is 2. The van der Waals surface area contributed by atoms with Crippen molar-refractivity contribution in [1.82, 2.24) is 24.5 Å². The van der Waals surface area contributed by atoms with Gasteiger partial charge < -0.3 is 0 Å². The molecule has 0 aliphatic rings. The molecule has 0 amide bonds. The Hall–Kier alpha value is -2.75. The Bertz CT molecular complexity index is 979. The Labute approximate surface area is 138 Å². The second kappa shape index (κ2) is 6.04. The molecule has 0 fully saturated rings. The van der Waals surface area contributed by atoms with Crippen molar-refractivity contribution in [1.29, 1.82) is 0 Å². The maximum Gasteiger partial charge on any atom is 0.267 e. The van der Waals surface area contributed by atoms with E-state index in [0.29, 0.717) is 11.3 Å². The lowest BCUT2D eigenvalue weighted by molar-refractivity contribution is 0.584. The highest BCUT2D eigenvalue weighted by atomic mass is 32.2. The molecule has 0 saturated carbocycles. The van der Waals surface area contributed by atoms with E-state index in [4.69, 9.17) is 0 Å². The number of hydrogen-bond acceptors (Lipinski definition) is 5. The first kappa shape index (κ1) is 16.1. The number of nitrogens with zero attached hydrogens (tertiary/aromatic N) is 5. The average Bonchev–Trinajstić information content (AvgIpc) is 3.07. The zero-order chi connectivity index (χ0) is 17.3. The van der Waals surface area contributed by atoms with Gasteiger partial charge in [-0.1, -0.05) is 18.2 Å². The van der Waals surface area contributed by atoms with Crippen LogP contribution in [0.3, 0.4) is 0 Å². The summed E-state index contributed by atoms with van der Waals surface area (Å²) >= 11 is 0. The third kappa shape index (κ3) is 3.27. The first-order chi connectivity index (χ1) is 11.3. The maximum atomic E-state index is 13.6. The maximum absolute atomic E-state index is 13.6. The lowest BCUT2D eigenvalue weighted by atomic mass is 10.2. The number of sulfonamides is 1. The average molecular weight is 350 g/mol. The van der Waals surface area contributed by atoms with Gasteiger partial charge in [0.2, 0.25) is 0 Å². The fraction of sp³-hybridized carbons (Fsp3) is 0.214. The van der Waals surface area contributed by atoms with Gasteiger partial charge in [0.15, 0.2) is 0 Å². The zero-order valence-corrected chi connectivity index (χ0v) is 13.8. The van der Waals surface area contributed by atoms with E-state index in [1.165, 1.54) is 28.0 Å². The van der Waals surface area contributed by atoms with Gasteiger partial charge in [-0.25, -0.2) is 22.2 Å². The number of nitrogens with one attached hydrogen (secondary N) is 1. The Morgan fingerprint density at radius 2 is 2.00 bits per heavy atom. The highest BCUT2D eigenvalue weighted by Crippen LogP contribution is 2.16. The molecule has 0 atom stereocenters. The minimum atomic E-state index is -3.84. The molecule has 1 aromatic carbocycles. The zero-order valence-electron chi connectivity index (χ0n) is 13.0. The van der Waals surface area contributed by atoms with Crippen LogP contribution in [0.2, 0.25) is 0 Å². The van der Waals surface area contributed by atoms with Crippen LogP contribution in [0, 0.1) is 12.7 Å². The van der Waals surface area contributed by atoms with Crippen molar-refractivity contribution in [2.75, 3.05) is 4.72 Å². The first-order valence-electron chi connectivity index (χ1n) is 7.01. The normalized spacial score (nSPS) is 11.6. The predicted molar refractivity (Wildman–Crippen MR) is 84.3 cm³/mol. The van der Waals surface area contributed by atoms with E-state index in [1.54, 1.807) is 32.2 Å². The fourth-order valence-electron chi connectivity index (χ4n) is 2.24. The van der Waals surface area contributed by atoms with Crippen molar-refractivity contribution in [3.63, 3.8) is 0 Å². The monoisotopic (exact) mass is 350 g/mol. The SMILES string of the molecule is Cc1nn(C)cc1S(=O)(=O)Nc1ncn(Cc2ccccc2F)n1. The van der Waals surface area contributed by atoms with E-state index >= 15 is 0 Å². The van der Waals surface area contributed by atoms with Gasteiger partial charge in [0.25, 0.3) is 16.0 Å². The minimum absolute atomic E-state index is 0.0513. The van der Waals surface area contributed by atoms with Crippen molar-refractivity contribution in [3.05, 3.63) is 53.9 Å². The Morgan fingerprint density at radius 3 is 2.67 bits per heavy atom. The van der Waals surface area contributed by atoms with Gasteiger partial charge in [0.1, 0.15) is 17.0 Å². The van der Waals surface area contributed by atoms with Crippen LogP contribution >= 0.6 is 0 Å². The molecule has 0 saturated heterocycles. The molecule has 3 rings (SSSR count). The quantitative estimate of drug-likeness (QED) is 0.749. The van der Waals surface area contributed by atoms with Crippen molar-refractivity contribution in [2.45, 2.75) is 18.4 Å². The summed E-state index contributed by atoms with van der Waals surface area (Å²) in [6, 6.07) is 6.28. The molecular weight excluding hydrogens is 335 g/mol. The molecule has 3 aromatic rings. The third-order valence-corrected chi connectivity index (χ3v) is 4.74. The van der Waals surface area contributed by atoms with Gasteiger partial charge in [0.05, 0.1) is 12.2 Å². The summed E-state index contributed by atoms with van der Waals surface area (Å²) in [7, 11) is -2.20. The van der Waals surface area contributed by atoms with Crippen LogP contribution in [0.15, 0.2) is 41.7 Å². The van der Waals surface area contributed by atoms with Gasteiger partial charge in [-0.05, 0) is 13.0 Å². The molecule has 2 aromatic heterocycles. The van der Waals surface area contributed by atoms with E-state index in [9.17, 15) is 12.8 Å². The Kier molecular flexibility index (Phi) is 4.06. The molecule has 1 N–H and O–H groups in total. The molecule has 2 heterocycles. The topological polar surface area (TPSA) is 94.7 Å². The number of rotatable bonds is 5. The van der Waals surface area contributed by atoms with Crippen LogP contribution in [0.25, 0.3) is 0 Å². The molecule has 0 aliphatic heterocycles. The highest BCUT2D eigenvalue weighted by molar-refractivity contribution is 7.92. The lowest BCUT2D eigenvalue weighted by Gasteiger charge is -2.03. The van der Waals surface area contributed by atoms with E-state index < -0.39 is 10.0 Å².